The standard InChI is InChI=1S/C19H20O2/c1-3-6-13(2)19(20)21-17-12-11-15-8-4-7-14-9-5-10-16(17)18(14)15/h4-5,7-13,17H,3,6H2,1-2H3. The van der Waals surface area contributed by atoms with E-state index in [4.69, 9.17) is 4.74 Å². The maximum absolute atomic E-state index is 12.2. The molecular formula is C19H20O2. The molecule has 2 nitrogen and oxygen atoms in total. The number of carbonyl (C=O) groups is 1. The van der Waals surface area contributed by atoms with Gasteiger partial charge in [-0.15, -0.1) is 0 Å². The summed E-state index contributed by atoms with van der Waals surface area (Å²) in [4.78, 5) is 12.2. The van der Waals surface area contributed by atoms with Crippen molar-refractivity contribution in [1.82, 2.24) is 0 Å². The first kappa shape index (κ1) is 13.9. The molecule has 2 aromatic rings. The summed E-state index contributed by atoms with van der Waals surface area (Å²) in [6, 6.07) is 12.4. The van der Waals surface area contributed by atoms with Crippen molar-refractivity contribution in [3.05, 3.63) is 53.6 Å². The Kier molecular flexibility index (Phi) is 3.78. The molecule has 0 saturated carbocycles. The quantitative estimate of drug-likeness (QED) is 0.745. The summed E-state index contributed by atoms with van der Waals surface area (Å²) in [6.07, 6.45) is 5.63. The van der Waals surface area contributed by atoms with E-state index in [0.717, 1.165) is 18.4 Å². The molecule has 0 radical (unpaired) electrons. The van der Waals surface area contributed by atoms with Crippen molar-refractivity contribution in [3.63, 3.8) is 0 Å². The molecule has 0 amide bonds. The lowest BCUT2D eigenvalue weighted by molar-refractivity contribution is -0.151. The smallest absolute Gasteiger partial charge is 0.309 e. The Morgan fingerprint density at radius 1 is 1.24 bits per heavy atom. The van der Waals surface area contributed by atoms with Crippen LogP contribution in [0.3, 0.4) is 0 Å². The van der Waals surface area contributed by atoms with Gasteiger partial charge < -0.3 is 4.74 Å². The van der Waals surface area contributed by atoms with Crippen LogP contribution in [0.2, 0.25) is 0 Å². The summed E-state index contributed by atoms with van der Waals surface area (Å²) in [5, 5.41) is 2.39. The van der Waals surface area contributed by atoms with Crippen LogP contribution in [-0.4, -0.2) is 5.97 Å². The fraction of sp³-hybridized carbons (Fsp3) is 0.316. The van der Waals surface area contributed by atoms with Gasteiger partial charge in [0, 0.05) is 5.56 Å². The Hall–Kier alpha value is -2.09. The van der Waals surface area contributed by atoms with Gasteiger partial charge in [0.1, 0.15) is 6.10 Å². The van der Waals surface area contributed by atoms with Crippen molar-refractivity contribution in [3.8, 4) is 0 Å². The van der Waals surface area contributed by atoms with Crippen LogP contribution in [-0.2, 0) is 9.53 Å². The molecule has 3 rings (SSSR count). The van der Waals surface area contributed by atoms with Gasteiger partial charge in [-0.3, -0.25) is 4.79 Å². The van der Waals surface area contributed by atoms with Gasteiger partial charge in [-0.05, 0) is 28.8 Å². The Balaban J connectivity index is 1.92. The lowest BCUT2D eigenvalue weighted by Gasteiger charge is -2.23. The molecule has 2 heteroatoms. The van der Waals surface area contributed by atoms with E-state index in [1.54, 1.807) is 0 Å². The van der Waals surface area contributed by atoms with Crippen LogP contribution in [0.25, 0.3) is 16.8 Å². The fourth-order valence-electron chi connectivity index (χ4n) is 2.97. The van der Waals surface area contributed by atoms with Gasteiger partial charge in [-0.2, -0.15) is 0 Å². The average Bonchev–Trinajstić information content (AvgIpc) is 2.50. The van der Waals surface area contributed by atoms with Crippen LogP contribution in [0.4, 0.5) is 0 Å². The highest BCUT2D eigenvalue weighted by atomic mass is 16.5. The Labute approximate surface area is 125 Å². The van der Waals surface area contributed by atoms with Crippen molar-refractivity contribution >= 4 is 22.8 Å². The minimum absolute atomic E-state index is 0.0419. The second kappa shape index (κ2) is 5.72. The monoisotopic (exact) mass is 280 g/mol. The first-order valence-electron chi connectivity index (χ1n) is 7.61. The van der Waals surface area contributed by atoms with E-state index in [1.165, 1.54) is 16.3 Å². The summed E-state index contributed by atoms with van der Waals surface area (Å²) in [5.41, 5.74) is 2.28. The SMILES string of the molecule is CCCC(C)C(=O)OC1C=Cc2cccc3cccc1c23. The van der Waals surface area contributed by atoms with Gasteiger partial charge in [0.25, 0.3) is 0 Å². The molecule has 0 aliphatic heterocycles. The van der Waals surface area contributed by atoms with E-state index in [2.05, 4.69) is 43.3 Å². The number of esters is 1. The van der Waals surface area contributed by atoms with Crippen LogP contribution in [0.15, 0.2) is 42.5 Å². The molecule has 0 bridgehead atoms. The second-order valence-electron chi connectivity index (χ2n) is 5.70. The number of hydrogen-bond acceptors (Lipinski definition) is 2. The first-order valence-corrected chi connectivity index (χ1v) is 7.61. The highest BCUT2D eigenvalue weighted by molar-refractivity contribution is 5.95. The number of benzene rings is 2. The van der Waals surface area contributed by atoms with Crippen molar-refractivity contribution in [2.45, 2.75) is 32.8 Å². The van der Waals surface area contributed by atoms with Crippen LogP contribution in [0, 0.1) is 5.92 Å². The molecule has 0 spiro atoms. The van der Waals surface area contributed by atoms with Crippen molar-refractivity contribution in [2.75, 3.05) is 0 Å². The molecule has 0 saturated heterocycles. The van der Waals surface area contributed by atoms with E-state index in [-0.39, 0.29) is 18.0 Å². The summed E-state index contributed by atoms with van der Waals surface area (Å²) in [6.45, 7) is 4.02. The second-order valence-corrected chi connectivity index (χ2v) is 5.70. The first-order chi connectivity index (χ1) is 10.2. The predicted molar refractivity (Wildman–Crippen MR) is 85.9 cm³/mol. The molecule has 1 aliphatic carbocycles. The van der Waals surface area contributed by atoms with Gasteiger partial charge in [0.2, 0.25) is 0 Å². The summed E-state index contributed by atoms with van der Waals surface area (Å²) in [7, 11) is 0. The zero-order valence-electron chi connectivity index (χ0n) is 12.5. The molecule has 2 unspecified atom stereocenters. The van der Waals surface area contributed by atoms with E-state index in [9.17, 15) is 4.79 Å². The van der Waals surface area contributed by atoms with Gasteiger partial charge in [0.05, 0.1) is 5.92 Å². The number of ether oxygens (including phenoxy) is 1. The van der Waals surface area contributed by atoms with Crippen LogP contribution >= 0.6 is 0 Å². The van der Waals surface area contributed by atoms with E-state index in [1.807, 2.05) is 19.1 Å². The zero-order valence-corrected chi connectivity index (χ0v) is 12.5. The van der Waals surface area contributed by atoms with E-state index in [0.29, 0.717) is 0 Å². The topological polar surface area (TPSA) is 26.3 Å². The zero-order chi connectivity index (χ0) is 14.8. The molecule has 0 fully saturated rings. The largest absolute Gasteiger partial charge is 0.453 e. The molecular weight excluding hydrogens is 260 g/mol. The van der Waals surface area contributed by atoms with E-state index < -0.39 is 0 Å². The Morgan fingerprint density at radius 3 is 2.76 bits per heavy atom. The average molecular weight is 280 g/mol. The molecule has 0 heterocycles. The molecule has 108 valence electrons. The molecule has 2 aromatic carbocycles. The molecule has 21 heavy (non-hydrogen) atoms. The highest BCUT2D eigenvalue weighted by Gasteiger charge is 2.23. The van der Waals surface area contributed by atoms with Gasteiger partial charge >= 0.3 is 5.97 Å². The van der Waals surface area contributed by atoms with Gasteiger partial charge in [0.15, 0.2) is 0 Å². The maximum atomic E-state index is 12.2. The third kappa shape index (κ3) is 2.58. The minimum Gasteiger partial charge on any atom is -0.453 e. The van der Waals surface area contributed by atoms with Crippen LogP contribution < -0.4 is 0 Å². The van der Waals surface area contributed by atoms with Crippen LogP contribution in [0.5, 0.6) is 0 Å². The summed E-state index contributed by atoms with van der Waals surface area (Å²) < 4.78 is 5.73. The lowest BCUT2D eigenvalue weighted by atomic mass is 9.91. The summed E-state index contributed by atoms with van der Waals surface area (Å²) >= 11 is 0. The Bertz CT molecular complexity index is 695. The molecule has 2 atom stereocenters. The molecule has 0 N–H and O–H groups in total. The minimum atomic E-state index is -0.268. The van der Waals surface area contributed by atoms with Crippen molar-refractivity contribution in [2.24, 2.45) is 5.92 Å². The van der Waals surface area contributed by atoms with Gasteiger partial charge in [-0.25, -0.2) is 0 Å². The summed E-state index contributed by atoms with van der Waals surface area (Å²) in [5.74, 6) is -0.150. The third-order valence-electron chi connectivity index (χ3n) is 4.09. The normalized spacial score (nSPS) is 17.7. The Morgan fingerprint density at radius 2 is 2.00 bits per heavy atom. The highest BCUT2D eigenvalue weighted by Crippen LogP contribution is 2.35. The van der Waals surface area contributed by atoms with Crippen molar-refractivity contribution < 1.29 is 9.53 Å². The van der Waals surface area contributed by atoms with Crippen LogP contribution in [0.1, 0.15) is 43.9 Å². The number of carbonyl (C=O) groups excluding carboxylic acids is 1. The maximum Gasteiger partial charge on any atom is 0.309 e. The molecule has 1 aliphatic rings. The predicted octanol–water partition coefficient (Wildman–Crippen LogP) is 4.89. The third-order valence-corrected chi connectivity index (χ3v) is 4.09. The van der Waals surface area contributed by atoms with E-state index >= 15 is 0 Å². The van der Waals surface area contributed by atoms with Gasteiger partial charge in [-0.1, -0.05) is 62.7 Å². The number of hydrogen-bond donors (Lipinski definition) is 0. The van der Waals surface area contributed by atoms with Crippen molar-refractivity contribution in [1.29, 1.82) is 0 Å². The number of rotatable bonds is 4. The lowest BCUT2D eigenvalue weighted by Crippen LogP contribution is -2.18. The fourth-order valence-corrected chi connectivity index (χ4v) is 2.97. The molecule has 0 aromatic heterocycles.